The van der Waals surface area contributed by atoms with Crippen molar-refractivity contribution in [2.75, 3.05) is 7.11 Å². The number of thioether (sulfide) groups is 1. The standard InChI is InChI=1S/C9H11NO3S.H2O4S/c1-5-3-6(9(12)13-2)10-7(11)4-8(10)14-5;1-5(2,3)4/h3,5,8H,4H2,1-2H3;(H2,1,2,3,4)/t5?,8-;/m1./s1. The number of carbonyl (C=O) groups excluding carboxylic acids is 2. The van der Waals surface area contributed by atoms with Crippen molar-refractivity contribution in [2.45, 2.75) is 24.0 Å². The monoisotopic (exact) mass is 311 g/mol. The average molecular weight is 311 g/mol. The van der Waals surface area contributed by atoms with Gasteiger partial charge in [0.05, 0.1) is 18.9 Å². The third-order valence-corrected chi connectivity index (χ3v) is 3.58. The van der Waals surface area contributed by atoms with E-state index >= 15 is 0 Å². The van der Waals surface area contributed by atoms with Crippen molar-refractivity contribution in [1.82, 2.24) is 4.90 Å². The number of rotatable bonds is 1. The van der Waals surface area contributed by atoms with Crippen LogP contribution in [0.4, 0.5) is 0 Å². The summed E-state index contributed by atoms with van der Waals surface area (Å²) in [5.74, 6) is -0.416. The van der Waals surface area contributed by atoms with Crippen molar-refractivity contribution >= 4 is 34.0 Å². The lowest BCUT2D eigenvalue weighted by molar-refractivity contribution is -0.147. The van der Waals surface area contributed by atoms with Gasteiger partial charge in [0.15, 0.2) is 0 Å². The summed E-state index contributed by atoms with van der Waals surface area (Å²) in [4.78, 5) is 24.1. The summed E-state index contributed by atoms with van der Waals surface area (Å²) in [6.07, 6.45) is 2.31. The lowest BCUT2D eigenvalue weighted by Gasteiger charge is -2.44. The van der Waals surface area contributed by atoms with Crippen molar-refractivity contribution in [1.29, 1.82) is 0 Å². The number of esters is 1. The van der Waals surface area contributed by atoms with Crippen LogP contribution in [0.2, 0.25) is 0 Å². The van der Waals surface area contributed by atoms with Gasteiger partial charge in [-0.3, -0.25) is 18.8 Å². The van der Waals surface area contributed by atoms with E-state index in [4.69, 9.17) is 17.5 Å². The van der Waals surface area contributed by atoms with Gasteiger partial charge in [-0.25, -0.2) is 4.79 Å². The summed E-state index contributed by atoms with van der Waals surface area (Å²) >= 11 is 1.69. The minimum atomic E-state index is -4.67. The van der Waals surface area contributed by atoms with E-state index in [1.54, 1.807) is 17.8 Å². The molecule has 2 aliphatic rings. The van der Waals surface area contributed by atoms with Crippen molar-refractivity contribution < 1.29 is 31.8 Å². The number of nitrogens with zero attached hydrogens (tertiary/aromatic N) is 1. The normalized spacial score (nSPS) is 25.4. The number of hydrogen-bond acceptors (Lipinski definition) is 6. The second-order valence-corrected chi connectivity index (χ2v) is 6.21. The summed E-state index contributed by atoms with van der Waals surface area (Å²) in [7, 11) is -3.34. The molecule has 10 heteroatoms. The molecule has 0 bridgehead atoms. The zero-order chi connectivity index (χ0) is 14.8. The molecule has 1 unspecified atom stereocenters. The molecule has 1 amide bonds. The van der Waals surface area contributed by atoms with Gasteiger partial charge in [-0.1, -0.05) is 0 Å². The summed E-state index contributed by atoms with van der Waals surface area (Å²) in [5.41, 5.74) is 0.403. The Morgan fingerprint density at radius 1 is 1.53 bits per heavy atom. The van der Waals surface area contributed by atoms with Crippen molar-refractivity contribution in [3.05, 3.63) is 11.8 Å². The molecule has 19 heavy (non-hydrogen) atoms. The van der Waals surface area contributed by atoms with Crippen LogP contribution in [0.1, 0.15) is 13.3 Å². The summed E-state index contributed by atoms with van der Waals surface area (Å²) in [6, 6.07) is 0. The van der Waals surface area contributed by atoms with Crippen LogP contribution in [0.3, 0.4) is 0 Å². The lowest BCUT2D eigenvalue weighted by Crippen LogP contribution is -2.54. The van der Waals surface area contributed by atoms with Crippen molar-refractivity contribution in [3.8, 4) is 0 Å². The number of hydrogen-bond donors (Lipinski definition) is 2. The summed E-state index contributed by atoms with van der Waals surface area (Å²) < 4.78 is 36.2. The molecule has 108 valence electrons. The number of carbonyl (C=O) groups is 2. The zero-order valence-corrected chi connectivity index (χ0v) is 11.8. The predicted molar refractivity (Wildman–Crippen MR) is 66.6 cm³/mol. The second kappa shape index (κ2) is 5.90. The average Bonchev–Trinajstić information content (AvgIpc) is 2.23. The first-order valence-electron chi connectivity index (χ1n) is 5.11. The Bertz CT molecular complexity index is 505. The van der Waals surface area contributed by atoms with Gasteiger partial charge in [0, 0.05) is 5.25 Å². The molecule has 2 atom stereocenters. The van der Waals surface area contributed by atoms with Gasteiger partial charge < -0.3 is 4.74 Å². The van der Waals surface area contributed by atoms with Gasteiger partial charge in [0.1, 0.15) is 5.70 Å². The van der Waals surface area contributed by atoms with E-state index < -0.39 is 16.4 Å². The highest BCUT2D eigenvalue weighted by molar-refractivity contribution is 8.00. The highest BCUT2D eigenvalue weighted by atomic mass is 32.3. The molecule has 2 heterocycles. The van der Waals surface area contributed by atoms with Crippen molar-refractivity contribution in [2.24, 2.45) is 0 Å². The van der Waals surface area contributed by atoms with Gasteiger partial charge >= 0.3 is 16.4 Å². The first-order valence-corrected chi connectivity index (χ1v) is 7.45. The molecule has 0 saturated carbocycles. The maximum absolute atomic E-state index is 11.4. The molecule has 2 N–H and O–H groups in total. The minimum Gasteiger partial charge on any atom is -0.464 e. The third-order valence-electron chi connectivity index (χ3n) is 2.32. The molecular weight excluding hydrogens is 298 g/mol. The third kappa shape index (κ3) is 4.49. The Labute approximate surface area is 114 Å². The van der Waals surface area contributed by atoms with E-state index in [2.05, 4.69) is 4.74 Å². The van der Waals surface area contributed by atoms with Gasteiger partial charge in [-0.15, -0.1) is 11.8 Å². The first-order chi connectivity index (χ1) is 8.63. The fourth-order valence-electron chi connectivity index (χ4n) is 1.65. The van der Waals surface area contributed by atoms with Crippen molar-refractivity contribution in [3.63, 3.8) is 0 Å². The molecule has 0 aromatic rings. The quantitative estimate of drug-likeness (QED) is 0.397. The van der Waals surface area contributed by atoms with E-state index in [1.807, 2.05) is 6.92 Å². The van der Waals surface area contributed by atoms with Gasteiger partial charge in [-0.2, -0.15) is 8.42 Å². The number of methoxy groups -OCH3 is 1. The number of β-lactam (4-membered cyclic amide) rings is 1. The van der Waals surface area contributed by atoms with E-state index in [9.17, 15) is 9.59 Å². The molecule has 2 aliphatic heterocycles. The highest BCUT2D eigenvalue weighted by Crippen LogP contribution is 2.40. The number of fused-ring (bicyclic) bond motifs is 1. The fourth-order valence-corrected chi connectivity index (χ4v) is 2.94. The van der Waals surface area contributed by atoms with Crippen LogP contribution in [-0.4, -0.2) is 52.0 Å². The molecule has 1 saturated heterocycles. The predicted octanol–water partition coefficient (Wildman–Crippen LogP) is 0.0842. The molecule has 2 rings (SSSR count). The minimum absolute atomic E-state index is 0.00560. The van der Waals surface area contributed by atoms with E-state index in [-0.39, 0.29) is 16.5 Å². The molecule has 0 aromatic heterocycles. The lowest BCUT2D eigenvalue weighted by atomic mass is 10.1. The molecule has 8 nitrogen and oxygen atoms in total. The van der Waals surface area contributed by atoms with Gasteiger partial charge in [0.2, 0.25) is 5.91 Å². The second-order valence-electron chi connectivity index (χ2n) is 3.76. The number of ether oxygens (including phenoxy) is 1. The molecule has 0 aliphatic carbocycles. The summed E-state index contributed by atoms with van der Waals surface area (Å²) in [5, 5.41) is 0.398. The largest absolute Gasteiger partial charge is 0.464 e. The molecule has 1 fully saturated rings. The van der Waals surface area contributed by atoms with Crippen LogP contribution >= 0.6 is 11.8 Å². The number of amides is 1. The van der Waals surface area contributed by atoms with Crippen LogP contribution in [0.5, 0.6) is 0 Å². The Morgan fingerprint density at radius 3 is 2.47 bits per heavy atom. The Kier molecular flexibility index (Phi) is 4.96. The molecule has 0 aromatic carbocycles. The molecule has 0 spiro atoms. The summed E-state index contributed by atoms with van der Waals surface area (Å²) in [6.45, 7) is 2.01. The Morgan fingerprint density at radius 2 is 2.05 bits per heavy atom. The maximum Gasteiger partial charge on any atom is 0.394 e. The first kappa shape index (κ1) is 16.0. The van der Waals surface area contributed by atoms with Crippen LogP contribution in [0, 0.1) is 0 Å². The maximum atomic E-state index is 11.4. The van der Waals surface area contributed by atoms with Crippen LogP contribution < -0.4 is 0 Å². The van der Waals surface area contributed by atoms with Crippen LogP contribution in [-0.2, 0) is 24.7 Å². The topological polar surface area (TPSA) is 121 Å². The van der Waals surface area contributed by atoms with E-state index in [0.29, 0.717) is 12.1 Å². The van der Waals surface area contributed by atoms with E-state index in [1.165, 1.54) is 12.0 Å². The highest BCUT2D eigenvalue weighted by Gasteiger charge is 2.44. The Balaban J connectivity index is 0.000000312. The van der Waals surface area contributed by atoms with Crippen LogP contribution in [0.25, 0.3) is 0 Å². The van der Waals surface area contributed by atoms with Gasteiger partial charge in [0.25, 0.3) is 0 Å². The van der Waals surface area contributed by atoms with E-state index in [0.717, 1.165) is 0 Å². The fraction of sp³-hybridized carbons (Fsp3) is 0.556. The van der Waals surface area contributed by atoms with Crippen LogP contribution in [0.15, 0.2) is 11.8 Å². The molecular formula is C9H13NO7S2. The smallest absolute Gasteiger partial charge is 0.394 e. The SMILES string of the molecule is COC(=O)C1=CC(C)S[C@@H]2CC(=O)N12.O=S(=O)(O)O. The molecule has 0 radical (unpaired) electrons. The Hall–Kier alpha value is -1.10. The zero-order valence-electron chi connectivity index (χ0n) is 10.1. The van der Waals surface area contributed by atoms with Gasteiger partial charge in [-0.05, 0) is 13.0 Å².